The lowest BCUT2D eigenvalue weighted by Gasteiger charge is -2.28. The molecule has 2 rings (SSSR count). The van der Waals surface area contributed by atoms with Crippen LogP contribution in [-0.2, 0) is 9.59 Å². The summed E-state index contributed by atoms with van der Waals surface area (Å²) in [4.78, 5) is 37.7. The first-order valence-corrected chi connectivity index (χ1v) is 6.61. The Bertz CT molecular complexity index is 652. The van der Waals surface area contributed by atoms with E-state index in [1.165, 1.54) is 20.2 Å². The summed E-state index contributed by atoms with van der Waals surface area (Å²) in [6.07, 6.45) is 3.07. The molecular formula is C16H16N2O4. The zero-order chi connectivity index (χ0) is 16.3. The molecule has 1 aliphatic rings. The summed E-state index contributed by atoms with van der Waals surface area (Å²) in [5, 5.41) is 0. The van der Waals surface area contributed by atoms with E-state index >= 15 is 0 Å². The van der Waals surface area contributed by atoms with Gasteiger partial charge in [-0.2, -0.15) is 0 Å². The first-order valence-electron chi connectivity index (χ1n) is 6.61. The van der Waals surface area contributed by atoms with Crippen LogP contribution in [0.2, 0.25) is 0 Å². The first kappa shape index (κ1) is 15.5. The number of carbonyl (C=O) groups is 3. The van der Waals surface area contributed by atoms with Crippen LogP contribution in [0.4, 0.5) is 4.79 Å². The Labute approximate surface area is 128 Å². The molecule has 0 atom stereocenters. The van der Waals surface area contributed by atoms with Crippen molar-refractivity contribution in [1.82, 2.24) is 9.80 Å². The second-order valence-corrected chi connectivity index (χ2v) is 4.74. The van der Waals surface area contributed by atoms with Crippen molar-refractivity contribution in [3.63, 3.8) is 0 Å². The van der Waals surface area contributed by atoms with Crippen LogP contribution in [0.5, 0.6) is 5.75 Å². The van der Waals surface area contributed by atoms with Gasteiger partial charge in [-0.25, -0.2) is 4.79 Å². The molecule has 0 spiro atoms. The number of nitrogens with zero attached hydrogens (tertiary/aromatic N) is 2. The molecule has 0 bridgehead atoms. The highest BCUT2D eigenvalue weighted by atomic mass is 16.5. The number of carbonyl (C=O) groups excluding carboxylic acids is 3. The lowest BCUT2D eigenvalue weighted by molar-refractivity contribution is -0.134. The van der Waals surface area contributed by atoms with Gasteiger partial charge in [0.05, 0.1) is 0 Å². The smallest absolute Gasteiger partial charge is 0.333 e. The number of urea groups is 1. The van der Waals surface area contributed by atoms with Gasteiger partial charge in [0, 0.05) is 14.1 Å². The monoisotopic (exact) mass is 300 g/mol. The van der Waals surface area contributed by atoms with Gasteiger partial charge < -0.3 is 4.74 Å². The van der Waals surface area contributed by atoms with Crippen LogP contribution < -0.4 is 4.74 Å². The third-order valence-corrected chi connectivity index (χ3v) is 3.18. The predicted molar refractivity (Wildman–Crippen MR) is 81.0 cm³/mol. The normalized spacial score (nSPS) is 15.2. The number of barbiturate groups is 1. The number of amides is 4. The number of likely N-dealkylation sites (N-methyl/N-ethyl adjacent to an activating group) is 2. The lowest BCUT2D eigenvalue weighted by Crippen LogP contribution is -2.52. The average molecular weight is 300 g/mol. The fourth-order valence-corrected chi connectivity index (χ4v) is 1.99. The predicted octanol–water partition coefficient (Wildman–Crippen LogP) is 1.69. The number of ether oxygens (including phenoxy) is 1. The molecule has 22 heavy (non-hydrogen) atoms. The van der Waals surface area contributed by atoms with E-state index in [4.69, 9.17) is 4.74 Å². The van der Waals surface area contributed by atoms with Gasteiger partial charge in [-0.05, 0) is 23.8 Å². The standard InChI is InChI=1S/C16H16N2O4/c1-4-8-22-12-7-5-6-11(9-12)10-13-14(19)17(2)16(21)18(3)15(13)20/h4-7,9-10H,1,8H2,2-3H3. The number of imide groups is 2. The summed E-state index contributed by atoms with van der Waals surface area (Å²) in [7, 11) is 2.68. The Hall–Kier alpha value is -2.89. The van der Waals surface area contributed by atoms with E-state index in [1.807, 2.05) is 0 Å². The quantitative estimate of drug-likeness (QED) is 0.482. The zero-order valence-corrected chi connectivity index (χ0v) is 12.4. The molecule has 6 heteroatoms. The van der Waals surface area contributed by atoms with Crippen molar-refractivity contribution < 1.29 is 19.1 Å². The molecular weight excluding hydrogens is 284 g/mol. The zero-order valence-electron chi connectivity index (χ0n) is 12.4. The molecule has 0 aromatic heterocycles. The molecule has 1 fully saturated rings. The van der Waals surface area contributed by atoms with Crippen LogP contribution in [0.15, 0.2) is 42.5 Å². The summed E-state index contributed by atoms with van der Waals surface area (Å²) in [5.74, 6) is -0.640. The molecule has 0 unspecified atom stereocenters. The van der Waals surface area contributed by atoms with Crippen LogP contribution in [0.3, 0.4) is 0 Å². The van der Waals surface area contributed by atoms with Crippen LogP contribution in [0.1, 0.15) is 5.56 Å². The van der Waals surface area contributed by atoms with E-state index in [0.29, 0.717) is 17.9 Å². The molecule has 0 N–H and O–H groups in total. The second kappa shape index (κ2) is 6.26. The van der Waals surface area contributed by atoms with Crippen LogP contribution >= 0.6 is 0 Å². The average Bonchev–Trinajstić information content (AvgIpc) is 2.53. The molecule has 1 aromatic rings. The Kier molecular flexibility index (Phi) is 4.41. The van der Waals surface area contributed by atoms with Crippen LogP contribution in [-0.4, -0.2) is 48.3 Å². The molecule has 1 saturated heterocycles. The molecule has 0 radical (unpaired) electrons. The Morgan fingerprint density at radius 2 is 1.77 bits per heavy atom. The van der Waals surface area contributed by atoms with Crippen LogP contribution in [0.25, 0.3) is 6.08 Å². The van der Waals surface area contributed by atoms with Crippen molar-refractivity contribution in [2.45, 2.75) is 0 Å². The van der Waals surface area contributed by atoms with E-state index in [1.54, 1.807) is 30.3 Å². The van der Waals surface area contributed by atoms with Crippen molar-refractivity contribution in [3.05, 3.63) is 48.1 Å². The summed E-state index contributed by atoms with van der Waals surface area (Å²) in [6, 6.07) is 6.31. The molecule has 1 aliphatic heterocycles. The third-order valence-electron chi connectivity index (χ3n) is 3.18. The third kappa shape index (κ3) is 2.90. The molecule has 0 aliphatic carbocycles. The van der Waals surface area contributed by atoms with Crippen molar-refractivity contribution in [1.29, 1.82) is 0 Å². The van der Waals surface area contributed by atoms with Crippen molar-refractivity contribution in [2.24, 2.45) is 0 Å². The minimum absolute atomic E-state index is 0.0644. The summed E-state index contributed by atoms with van der Waals surface area (Å²) in [6.45, 7) is 3.93. The fraction of sp³-hybridized carbons (Fsp3) is 0.188. The van der Waals surface area contributed by atoms with E-state index in [0.717, 1.165) is 9.80 Å². The number of hydrogen-bond donors (Lipinski definition) is 0. The number of rotatable bonds is 4. The minimum atomic E-state index is -0.643. The minimum Gasteiger partial charge on any atom is -0.490 e. The SMILES string of the molecule is C=CCOc1cccc(C=C2C(=O)N(C)C(=O)N(C)C2=O)c1. The second-order valence-electron chi connectivity index (χ2n) is 4.74. The Balaban J connectivity index is 2.35. The van der Waals surface area contributed by atoms with Gasteiger partial charge in [-0.1, -0.05) is 24.8 Å². The van der Waals surface area contributed by atoms with Crippen molar-refractivity contribution in [3.8, 4) is 5.75 Å². The van der Waals surface area contributed by atoms with Crippen molar-refractivity contribution >= 4 is 23.9 Å². The van der Waals surface area contributed by atoms with Gasteiger partial charge in [-0.15, -0.1) is 0 Å². The van der Waals surface area contributed by atoms with Gasteiger partial charge in [-0.3, -0.25) is 19.4 Å². The largest absolute Gasteiger partial charge is 0.490 e. The highest BCUT2D eigenvalue weighted by molar-refractivity contribution is 6.30. The molecule has 4 amide bonds. The van der Waals surface area contributed by atoms with Gasteiger partial charge in [0.25, 0.3) is 11.8 Å². The maximum atomic E-state index is 12.1. The molecule has 1 aromatic carbocycles. The van der Waals surface area contributed by atoms with Gasteiger partial charge in [0.1, 0.15) is 17.9 Å². The molecule has 6 nitrogen and oxygen atoms in total. The maximum absolute atomic E-state index is 12.1. The topological polar surface area (TPSA) is 66.9 Å². The fourth-order valence-electron chi connectivity index (χ4n) is 1.99. The van der Waals surface area contributed by atoms with E-state index in [2.05, 4.69) is 6.58 Å². The Morgan fingerprint density at radius 3 is 2.36 bits per heavy atom. The Morgan fingerprint density at radius 1 is 1.14 bits per heavy atom. The maximum Gasteiger partial charge on any atom is 0.333 e. The summed E-state index contributed by atoms with van der Waals surface area (Å²) >= 11 is 0. The lowest BCUT2D eigenvalue weighted by atomic mass is 10.1. The number of benzene rings is 1. The van der Waals surface area contributed by atoms with Gasteiger partial charge in [0.15, 0.2) is 0 Å². The summed E-state index contributed by atoms with van der Waals surface area (Å²) in [5.41, 5.74) is 0.569. The van der Waals surface area contributed by atoms with E-state index in [-0.39, 0.29) is 5.57 Å². The highest BCUT2D eigenvalue weighted by Gasteiger charge is 2.37. The highest BCUT2D eigenvalue weighted by Crippen LogP contribution is 2.20. The number of hydrogen-bond acceptors (Lipinski definition) is 4. The van der Waals surface area contributed by atoms with E-state index in [9.17, 15) is 14.4 Å². The van der Waals surface area contributed by atoms with Crippen molar-refractivity contribution in [2.75, 3.05) is 20.7 Å². The first-order chi connectivity index (χ1) is 10.5. The molecule has 0 saturated carbocycles. The molecule has 114 valence electrons. The van der Waals surface area contributed by atoms with Crippen LogP contribution in [0, 0.1) is 0 Å². The van der Waals surface area contributed by atoms with Gasteiger partial charge in [0.2, 0.25) is 0 Å². The van der Waals surface area contributed by atoms with E-state index < -0.39 is 17.8 Å². The summed E-state index contributed by atoms with van der Waals surface area (Å²) < 4.78 is 5.41. The molecule has 1 heterocycles. The van der Waals surface area contributed by atoms with Gasteiger partial charge >= 0.3 is 6.03 Å².